The van der Waals surface area contributed by atoms with Crippen LogP contribution < -0.4 is 0 Å². The van der Waals surface area contributed by atoms with Gasteiger partial charge in [0.05, 0.1) is 0 Å². The summed E-state index contributed by atoms with van der Waals surface area (Å²) in [5.74, 6) is 0. The Morgan fingerprint density at radius 1 is 1.21 bits per heavy atom. The standard InChI is InChI=1S/C16H18N2O/c1-18(10-5-2-6-12-19)11-9-14-13-17-16-8-4-3-7-15(14)16/h2-8,10,12-13,17H,9,11H2,1H3/b6-2+,10-5+. The van der Waals surface area contributed by atoms with Gasteiger partial charge in [0, 0.05) is 30.7 Å². The van der Waals surface area contributed by atoms with E-state index >= 15 is 0 Å². The van der Waals surface area contributed by atoms with E-state index in [1.807, 2.05) is 25.4 Å². The number of hydrogen-bond donors (Lipinski definition) is 1. The molecule has 2 rings (SSSR count). The number of benzene rings is 1. The van der Waals surface area contributed by atoms with E-state index in [0.717, 1.165) is 19.3 Å². The van der Waals surface area contributed by atoms with Gasteiger partial charge in [0.15, 0.2) is 0 Å². The van der Waals surface area contributed by atoms with Crippen LogP contribution in [-0.2, 0) is 11.2 Å². The predicted octanol–water partition coefficient (Wildman–Crippen LogP) is 2.91. The molecule has 0 aliphatic carbocycles. The zero-order valence-electron chi connectivity index (χ0n) is 11.0. The molecule has 1 aromatic carbocycles. The van der Waals surface area contributed by atoms with Crippen LogP contribution in [0.15, 0.2) is 54.9 Å². The number of aromatic amines is 1. The van der Waals surface area contributed by atoms with E-state index in [-0.39, 0.29) is 0 Å². The fraction of sp³-hybridized carbons (Fsp3) is 0.188. The minimum atomic E-state index is 0.774. The highest BCUT2D eigenvalue weighted by Gasteiger charge is 2.02. The Kier molecular flexibility index (Phi) is 4.56. The van der Waals surface area contributed by atoms with Crippen LogP contribution >= 0.6 is 0 Å². The molecule has 0 aliphatic heterocycles. The smallest absolute Gasteiger partial charge is 0.142 e. The molecule has 0 bridgehead atoms. The monoisotopic (exact) mass is 254 g/mol. The number of aromatic nitrogens is 1. The summed E-state index contributed by atoms with van der Waals surface area (Å²) in [6.07, 6.45) is 10.9. The van der Waals surface area contributed by atoms with Gasteiger partial charge in [0.1, 0.15) is 6.29 Å². The molecular formula is C16H18N2O. The van der Waals surface area contributed by atoms with Gasteiger partial charge in [-0.3, -0.25) is 4.79 Å². The van der Waals surface area contributed by atoms with Gasteiger partial charge in [-0.25, -0.2) is 0 Å². The highest BCUT2D eigenvalue weighted by Crippen LogP contribution is 2.18. The number of para-hydroxylation sites is 1. The molecule has 0 aliphatic rings. The summed E-state index contributed by atoms with van der Waals surface area (Å²) in [6.45, 7) is 0.938. The fourth-order valence-corrected chi connectivity index (χ4v) is 2.02. The first-order chi connectivity index (χ1) is 9.31. The summed E-state index contributed by atoms with van der Waals surface area (Å²) >= 11 is 0. The van der Waals surface area contributed by atoms with E-state index in [1.165, 1.54) is 22.5 Å². The molecule has 0 saturated carbocycles. The predicted molar refractivity (Wildman–Crippen MR) is 79.0 cm³/mol. The Morgan fingerprint density at radius 2 is 2.05 bits per heavy atom. The van der Waals surface area contributed by atoms with E-state index < -0.39 is 0 Å². The number of fused-ring (bicyclic) bond motifs is 1. The Hall–Kier alpha value is -2.29. The van der Waals surface area contributed by atoms with E-state index in [2.05, 4.69) is 34.3 Å². The molecule has 3 nitrogen and oxygen atoms in total. The van der Waals surface area contributed by atoms with Crippen molar-refractivity contribution in [1.29, 1.82) is 0 Å². The number of rotatable bonds is 6. The normalized spacial score (nSPS) is 11.6. The first-order valence-electron chi connectivity index (χ1n) is 6.35. The van der Waals surface area contributed by atoms with Crippen LogP contribution in [-0.4, -0.2) is 29.8 Å². The van der Waals surface area contributed by atoms with Crippen molar-refractivity contribution in [2.45, 2.75) is 6.42 Å². The van der Waals surface area contributed by atoms with Crippen molar-refractivity contribution >= 4 is 17.2 Å². The van der Waals surface area contributed by atoms with Crippen molar-refractivity contribution in [3.8, 4) is 0 Å². The molecule has 0 unspecified atom stereocenters. The molecule has 0 amide bonds. The summed E-state index contributed by atoms with van der Waals surface area (Å²) in [5.41, 5.74) is 2.52. The summed E-state index contributed by atoms with van der Waals surface area (Å²) in [6, 6.07) is 8.33. The van der Waals surface area contributed by atoms with Crippen molar-refractivity contribution in [3.63, 3.8) is 0 Å². The van der Waals surface area contributed by atoms with Gasteiger partial charge >= 0.3 is 0 Å². The van der Waals surface area contributed by atoms with Crippen LogP contribution in [0.25, 0.3) is 10.9 Å². The SMILES string of the molecule is CN(/C=C/C=C/C=O)CCc1c[nH]c2ccccc12. The first-order valence-corrected chi connectivity index (χ1v) is 6.35. The van der Waals surface area contributed by atoms with Crippen molar-refractivity contribution in [1.82, 2.24) is 9.88 Å². The van der Waals surface area contributed by atoms with Crippen molar-refractivity contribution in [2.75, 3.05) is 13.6 Å². The van der Waals surface area contributed by atoms with Gasteiger partial charge in [-0.1, -0.05) is 24.3 Å². The average molecular weight is 254 g/mol. The van der Waals surface area contributed by atoms with Gasteiger partial charge in [-0.15, -0.1) is 0 Å². The van der Waals surface area contributed by atoms with Gasteiger partial charge < -0.3 is 9.88 Å². The molecule has 0 saturated heterocycles. The Bertz CT molecular complexity index is 596. The van der Waals surface area contributed by atoms with Crippen LogP contribution in [0, 0.1) is 0 Å². The number of aldehydes is 1. The lowest BCUT2D eigenvalue weighted by atomic mass is 10.1. The third-order valence-electron chi connectivity index (χ3n) is 3.05. The van der Waals surface area contributed by atoms with Gasteiger partial charge in [-0.05, 0) is 36.4 Å². The number of likely N-dealkylation sites (N-methyl/N-ethyl adjacent to an activating group) is 1. The molecule has 1 aromatic heterocycles. The molecule has 0 spiro atoms. The number of hydrogen-bond acceptors (Lipinski definition) is 2. The molecule has 98 valence electrons. The maximum absolute atomic E-state index is 10.1. The number of H-pyrrole nitrogens is 1. The molecule has 3 heteroatoms. The van der Waals surface area contributed by atoms with Crippen LogP contribution in [0.1, 0.15) is 5.56 Å². The Labute approximate surface area is 113 Å². The maximum Gasteiger partial charge on any atom is 0.142 e. The lowest BCUT2D eigenvalue weighted by molar-refractivity contribution is -0.104. The van der Waals surface area contributed by atoms with Crippen LogP contribution in [0.5, 0.6) is 0 Å². The average Bonchev–Trinajstić information content (AvgIpc) is 2.85. The van der Waals surface area contributed by atoms with Gasteiger partial charge in [0.2, 0.25) is 0 Å². The van der Waals surface area contributed by atoms with Crippen LogP contribution in [0.4, 0.5) is 0 Å². The topological polar surface area (TPSA) is 36.1 Å². The lowest BCUT2D eigenvalue weighted by Crippen LogP contribution is -2.14. The number of carbonyl (C=O) groups is 1. The molecule has 0 radical (unpaired) electrons. The lowest BCUT2D eigenvalue weighted by Gasteiger charge is -2.12. The zero-order chi connectivity index (χ0) is 13.5. The zero-order valence-corrected chi connectivity index (χ0v) is 11.0. The van der Waals surface area contributed by atoms with Crippen LogP contribution in [0.2, 0.25) is 0 Å². The van der Waals surface area contributed by atoms with E-state index in [4.69, 9.17) is 0 Å². The van der Waals surface area contributed by atoms with E-state index in [0.29, 0.717) is 0 Å². The largest absolute Gasteiger partial charge is 0.380 e. The van der Waals surface area contributed by atoms with Crippen molar-refractivity contribution in [3.05, 3.63) is 60.5 Å². The maximum atomic E-state index is 10.1. The second kappa shape index (κ2) is 6.59. The summed E-state index contributed by atoms with van der Waals surface area (Å²) in [5, 5.41) is 1.29. The third-order valence-corrected chi connectivity index (χ3v) is 3.05. The molecule has 2 aromatic rings. The highest BCUT2D eigenvalue weighted by molar-refractivity contribution is 5.83. The molecule has 0 atom stereocenters. The first kappa shape index (κ1) is 13.1. The molecule has 0 fully saturated rings. The summed E-state index contributed by atoms with van der Waals surface area (Å²) < 4.78 is 0. The molecular weight excluding hydrogens is 236 g/mol. The van der Waals surface area contributed by atoms with E-state index in [9.17, 15) is 4.79 Å². The number of carbonyl (C=O) groups excluding carboxylic acids is 1. The highest BCUT2D eigenvalue weighted by atomic mass is 16.1. The number of nitrogens with one attached hydrogen (secondary N) is 1. The van der Waals surface area contributed by atoms with Crippen molar-refractivity contribution < 1.29 is 4.79 Å². The number of nitrogens with zero attached hydrogens (tertiary/aromatic N) is 1. The summed E-state index contributed by atoms with van der Waals surface area (Å²) in [7, 11) is 2.03. The summed E-state index contributed by atoms with van der Waals surface area (Å²) in [4.78, 5) is 15.5. The molecule has 19 heavy (non-hydrogen) atoms. The second-order valence-electron chi connectivity index (χ2n) is 4.45. The number of allylic oxidation sites excluding steroid dienone is 3. The van der Waals surface area contributed by atoms with Gasteiger partial charge in [0.25, 0.3) is 0 Å². The van der Waals surface area contributed by atoms with Crippen LogP contribution in [0.3, 0.4) is 0 Å². The van der Waals surface area contributed by atoms with Gasteiger partial charge in [-0.2, -0.15) is 0 Å². The Morgan fingerprint density at radius 3 is 2.89 bits per heavy atom. The molecule has 1 heterocycles. The molecule has 1 N–H and O–H groups in total. The van der Waals surface area contributed by atoms with E-state index in [1.54, 1.807) is 6.08 Å². The third kappa shape index (κ3) is 3.58. The quantitative estimate of drug-likeness (QED) is 0.489. The fourth-order valence-electron chi connectivity index (χ4n) is 2.02. The minimum absolute atomic E-state index is 0.774. The van der Waals surface area contributed by atoms with Crippen molar-refractivity contribution in [2.24, 2.45) is 0 Å². The second-order valence-corrected chi connectivity index (χ2v) is 4.45. The minimum Gasteiger partial charge on any atom is -0.380 e. The Balaban J connectivity index is 1.93.